The van der Waals surface area contributed by atoms with Gasteiger partial charge in [0.1, 0.15) is 11.9 Å². The number of rotatable bonds is 3. The number of ether oxygens (including phenoxy) is 2. The van der Waals surface area contributed by atoms with Gasteiger partial charge in [-0.25, -0.2) is 9.78 Å². The summed E-state index contributed by atoms with van der Waals surface area (Å²) in [6.45, 7) is 0.286. The molecule has 5 nitrogen and oxygen atoms in total. The Morgan fingerprint density at radius 1 is 1.45 bits per heavy atom. The van der Waals surface area contributed by atoms with Crippen LogP contribution in [-0.2, 0) is 20.4 Å². The lowest BCUT2D eigenvalue weighted by Crippen LogP contribution is -2.37. The number of nitrogens with zero attached hydrogens (tertiary/aromatic N) is 2. The third-order valence-electron chi connectivity index (χ3n) is 3.49. The molecule has 0 spiro atoms. The van der Waals surface area contributed by atoms with E-state index in [-0.39, 0.29) is 23.5 Å². The van der Waals surface area contributed by atoms with Crippen molar-refractivity contribution in [3.63, 3.8) is 0 Å². The van der Waals surface area contributed by atoms with Crippen molar-refractivity contribution < 1.29 is 27.4 Å². The second kappa shape index (κ2) is 6.29. The second-order valence-electron chi connectivity index (χ2n) is 4.81. The average molecular weight is 339 g/mol. The maximum Gasteiger partial charge on any atom is 0.417 e. The molecule has 0 amide bonds. The van der Waals surface area contributed by atoms with Gasteiger partial charge in [-0.15, -0.1) is 0 Å². The molecule has 2 unspecified atom stereocenters. The highest BCUT2D eigenvalue weighted by Gasteiger charge is 2.40. The van der Waals surface area contributed by atoms with Gasteiger partial charge in [0.05, 0.1) is 23.8 Å². The van der Waals surface area contributed by atoms with E-state index < -0.39 is 23.8 Å². The first-order valence-electron chi connectivity index (χ1n) is 6.38. The Bertz CT molecular complexity index is 568. The first-order valence-corrected chi connectivity index (χ1v) is 6.75. The zero-order chi connectivity index (χ0) is 16.5. The Morgan fingerprint density at radius 2 is 2.14 bits per heavy atom. The molecule has 1 aliphatic rings. The zero-order valence-corrected chi connectivity index (χ0v) is 12.6. The van der Waals surface area contributed by atoms with E-state index in [4.69, 9.17) is 21.1 Å². The lowest BCUT2D eigenvalue weighted by molar-refractivity contribution is -0.142. The summed E-state index contributed by atoms with van der Waals surface area (Å²) in [5, 5.41) is -0.180. The molecular weight excluding hydrogens is 325 g/mol. The summed E-state index contributed by atoms with van der Waals surface area (Å²) >= 11 is 5.92. The van der Waals surface area contributed by atoms with Crippen molar-refractivity contribution in [1.29, 1.82) is 0 Å². The van der Waals surface area contributed by atoms with Crippen molar-refractivity contribution in [2.24, 2.45) is 0 Å². The first-order chi connectivity index (χ1) is 10.3. The van der Waals surface area contributed by atoms with Gasteiger partial charge in [0.15, 0.2) is 0 Å². The van der Waals surface area contributed by atoms with Gasteiger partial charge >= 0.3 is 12.1 Å². The van der Waals surface area contributed by atoms with E-state index in [1.807, 2.05) is 0 Å². The number of aromatic nitrogens is 1. The van der Waals surface area contributed by atoms with E-state index >= 15 is 0 Å². The summed E-state index contributed by atoms with van der Waals surface area (Å²) < 4.78 is 47.9. The monoisotopic (exact) mass is 338 g/mol. The van der Waals surface area contributed by atoms with Gasteiger partial charge in [-0.1, -0.05) is 11.6 Å². The quantitative estimate of drug-likeness (QED) is 0.793. The van der Waals surface area contributed by atoms with Crippen molar-refractivity contribution in [2.75, 3.05) is 25.7 Å². The van der Waals surface area contributed by atoms with Crippen molar-refractivity contribution in [3.05, 3.63) is 22.8 Å². The Labute approximate surface area is 130 Å². The highest BCUT2D eigenvalue weighted by molar-refractivity contribution is 6.33. The van der Waals surface area contributed by atoms with E-state index in [2.05, 4.69) is 4.98 Å². The van der Waals surface area contributed by atoms with Crippen LogP contribution >= 0.6 is 11.6 Å². The van der Waals surface area contributed by atoms with Crippen LogP contribution in [0.4, 0.5) is 19.0 Å². The highest BCUT2D eigenvalue weighted by Crippen LogP contribution is 2.36. The summed E-state index contributed by atoms with van der Waals surface area (Å²) in [5.41, 5.74) is -0.946. The number of carbonyl (C=O) groups excluding carboxylic acids is 1. The molecule has 0 radical (unpaired) electrons. The smallest absolute Gasteiger partial charge is 0.417 e. The fraction of sp³-hybridized carbons (Fsp3) is 0.538. The molecule has 0 N–H and O–H groups in total. The van der Waals surface area contributed by atoms with Crippen LogP contribution in [0.5, 0.6) is 0 Å². The molecule has 1 aromatic heterocycles. The van der Waals surface area contributed by atoms with Crippen molar-refractivity contribution in [2.45, 2.75) is 24.7 Å². The zero-order valence-electron chi connectivity index (χ0n) is 11.9. The van der Waals surface area contributed by atoms with Crippen molar-refractivity contribution >= 4 is 23.4 Å². The average Bonchev–Trinajstić information content (AvgIpc) is 2.89. The van der Waals surface area contributed by atoms with Crippen LogP contribution in [0, 0.1) is 0 Å². The molecule has 0 aromatic carbocycles. The van der Waals surface area contributed by atoms with Gasteiger partial charge in [-0.2, -0.15) is 13.2 Å². The minimum atomic E-state index is -4.53. The Balaban J connectivity index is 2.34. The van der Waals surface area contributed by atoms with Crippen LogP contribution < -0.4 is 4.90 Å². The molecule has 2 heterocycles. The number of pyridine rings is 1. The van der Waals surface area contributed by atoms with Gasteiger partial charge in [0.2, 0.25) is 0 Å². The van der Waals surface area contributed by atoms with Gasteiger partial charge < -0.3 is 14.4 Å². The van der Waals surface area contributed by atoms with E-state index in [1.165, 1.54) is 19.1 Å². The molecule has 1 fully saturated rings. The maximum atomic E-state index is 12.6. The van der Waals surface area contributed by atoms with Crippen LogP contribution in [0.25, 0.3) is 0 Å². The molecule has 1 aliphatic heterocycles. The van der Waals surface area contributed by atoms with E-state index in [1.54, 1.807) is 0 Å². The number of anilines is 1. The Kier molecular flexibility index (Phi) is 4.81. The summed E-state index contributed by atoms with van der Waals surface area (Å²) in [6, 6.07) is 0.0925. The topological polar surface area (TPSA) is 51.7 Å². The first kappa shape index (κ1) is 16.8. The van der Waals surface area contributed by atoms with Crippen molar-refractivity contribution in [1.82, 2.24) is 4.98 Å². The molecule has 1 aromatic rings. The molecule has 0 aliphatic carbocycles. The van der Waals surface area contributed by atoms with Gasteiger partial charge in [-0.3, -0.25) is 0 Å². The lowest BCUT2D eigenvalue weighted by atomic mass is 10.2. The Morgan fingerprint density at radius 3 is 2.64 bits per heavy atom. The van der Waals surface area contributed by atoms with Crippen LogP contribution in [0.15, 0.2) is 12.3 Å². The third-order valence-corrected chi connectivity index (χ3v) is 3.77. The number of alkyl halides is 3. The molecule has 0 saturated carbocycles. The van der Waals surface area contributed by atoms with E-state index in [0.717, 1.165) is 6.07 Å². The molecule has 9 heteroatoms. The fourth-order valence-corrected chi connectivity index (χ4v) is 2.63. The maximum absolute atomic E-state index is 12.6. The summed E-state index contributed by atoms with van der Waals surface area (Å²) in [5.74, 6) is -0.415. The molecule has 122 valence electrons. The summed E-state index contributed by atoms with van der Waals surface area (Å²) in [4.78, 5) is 17.1. The molecule has 22 heavy (non-hydrogen) atoms. The summed E-state index contributed by atoms with van der Waals surface area (Å²) in [7, 11) is 2.73. The largest absolute Gasteiger partial charge is 0.467 e. The van der Waals surface area contributed by atoms with E-state index in [9.17, 15) is 18.0 Å². The van der Waals surface area contributed by atoms with Crippen molar-refractivity contribution in [3.8, 4) is 0 Å². The lowest BCUT2D eigenvalue weighted by Gasteiger charge is -2.24. The van der Waals surface area contributed by atoms with Gasteiger partial charge in [0.25, 0.3) is 0 Å². The van der Waals surface area contributed by atoms with Crippen LogP contribution in [0.3, 0.4) is 0 Å². The van der Waals surface area contributed by atoms with Crippen LogP contribution in [0.1, 0.15) is 12.0 Å². The number of halogens is 4. The predicted octanol–water partition coefficient (Wildman–Crippen LogP) is 2.52. The second-order valence-corrected chi connectivity index (χ2v) is 5.22. The SMILES string of the molecule is COC(=O)C1CC(OC)CN1c1ncc(C(F)(F)F)cc1Cl. The number of hydrogen-bond donors (Lipinski definition) is 0. The minimum absolute atomic E-state index is 0.101. The standard InChI is InChI=1S/C13H14ClF3N2O3/c1-21-8-4-10(12(20)22-2)19(6-8)11-9(14)3-7(5-18-11)13(15,16)17/h3,5,8,10H,4,6H2,1-2H3. The number of hydrogen-bond acceptors (Lipinski definition) is 5. The number of carbonyl (C=O) groups is 1. The Hall–Kier alpha value is -1.54. The number of methoxy groups -OCH3 is 2. The fourth-order valence-electron chi connectivity index (χ4n) is 2.36. The van der Waals surface area contributed by atoms with Crippen LogP contribution in [0.2, 0.25) is 5.02 Å². The van der Waals surface area contributed by atoms with Crippen LogP contribution in [-0.4, -0.2) is 43.9 Å². The molecular formula is C13H14ClF3N2O3. The highest BCUT2D eigenvalue weighted by atomic mass is 35.5. The molecule has 2 atom stereocenters. The summed E-state index contributed by atoms with van der Waals surface area (Å²) in [6.07, 6.45) is -3.75. The predicted molar refractivity (Wildman–Crippen MR) is 72.8 cm³/mol. The normalized spacial score (nSPS) is 22.0. The number of esters is 1. The third kappa shape index (κ3) is 3.27. The van der Waals surface area contributed by atoms with Gasteiger partial charge in [-0.05, 0) is 6.07 Å². The van der Waals surface area contributed by atoms with Gasteiger partial charge in [0, 0.05) is 26.3 Å². The molecule has 0 bridgehead atoms. The van der Waals surface area contributed by atoms with E-state index in [0.29, 0.717) is 12.6 Å². The minimum Gasteiger partial charge on any atom is -0.467 e. The molecule has 1 saturated heterocycles. The molecule has 2 rings (SSSR count).